The lowest BCUT2D eigenvalue weighted by atomic mass is 10.1. The summed E-state index contributed by atoms with van der Waals surface area (Å²) in [6.45, 7) is 7.72. The van der Waals surface area contributed by atoms with Crippen molar-refractivity contribution in [3.05, 3.63) is 0 Å². The lowest BCUT2D eigenvalue weighted by molar-refractivity contribution is -0.355. The minimum absolute atomic E-state index is 0.298. The van der Waals surface area contributed by atoms with E-state index in [4.69, 9.17) is 0 Å². The summed E-state index contributed by atoms with van der Waals surface area (Å²) in [5.41, 5.74) is 0.596. The van der Waals surface area contributed by atoms with Crippen LogP contribution in [0.5, 0.6) is 0 Å². The highest BCUT2D eigenvalue weighted by molar-refractivity contribution is 6.61. The summed E-state index contributed by atoms with van der Waals surface area (Å²) in [4.78, 5) is 0. The molecule has 0 rings (SSSR count). The molecule has 0 amide bonds. The van der Waals surface area contributed by atoms with Crippen LogP contribution in [0.2, 0.25) is 17.1 Å². The lowest BCUT2D eigenvalue weighted by Gasteiger charge is -2.29. The van der Waals surface area contributed by atoms with Crippen molar-refractivity contribution in [2.75, 3.05) is 0 Å². The van der Waals surface area contributed by atoms with Crippen molar-refractivity contribution < 1.29 is 30.7 Å². The van der Waals surface area contributed by atoms with Crippen molar-refractivity contribution in [3.63, 3.8) is 0 Å². The quantitative estimate of drug-likeness (QED) is 0.419. The Hall–Kier alpha value is -0.273. The third kappa shape index (κ3) is 4.63. The first-order chi connectivity index (χ1) is 8.74. The third-order valence-electron chi connectivity index (χ3n) is 3.56. The van der Waals surface area contributed by atoms with Crippen LogP contribution in [-0.2, 0) is 0 Å². The first kappa shape index (κ1) is 19.7. The smallest absolute Gasteiger partial charge is 0.200 e. The molecule has 0 heterocycles. The molecule has 0 spiro atoms. The summed E-state index contributed by atoms with van der Waals surface area (Å²) >= 11 is 0. The second-order valence-electron chi connectivity index (χ2n) is 5.82. The van der Waals surface area contributed by atoms with Gasteiger partial charge in [-0.25, -0.2) is 0 Å². The molecule has 0 saturated carbocycles. The topological polar surface area (TPSA) is 0 Å². The Bertz CT molecular complexity index is 289. The van der Waals surface area contributed by atoms with E-state index < -0.39 is 33.2 Å². The Labute approximate surface area is 116 Å². The van der Waals surface area contributed by atoms with Gasteiger partial charge in [0.25, 0.3) is 0 Å². The van der Waals surface area contributed by atoms with Crippen LogP contribution in [0.3, 0.4) is 0 Å². The molecule has 0 unspecified atom stereocenters. The van der Waals surface area contributed by atoms with Crippen molar-refractivity contribution in [1.29, 1.82) is 0 Å². The fraction of sp³-hybridized carbons (Fsp3) is 1.00. The summed E-state index contributed by atoms with van der Waals surface area (Å²) in [6.07, 6.45) is -7.95. The van der Waals surface area contributed by atoms with E-state index in [0.29, 0.717) is 17.1 Å². The maximum atomic E-state index is 13.1. The summed E-state index contributed by atoms with van der Waals surface area (Å²) in [5.74, 6) is -11.0. The van der Waals surface area contributed by atoms with Gasteiger partial charge in [0.2, 0.25) is 0 Å². The van der Waals surface area contributed by atoms with Crippen LogP contribution < -0.4 is 0 Å². The zero-order valence-corrected chi connectivity index (χ0v) is 13.2. The number of hydrogen-bond donors (Lipinski definition) is 0. The maximum Gasteiger partial charge on any atom is 0.459 e. The molecule has 0 nitrogen and oxygen atoms in total. The Morgan fingerprint density at radius 1 is 0.800 bits per heavy atom. The van der Waals surface area contributed by atoms with Crippen LogP contribution in [0.25, 0.3) is 0 Å². The van der Waals surface area contributed by atoms with Crippen molar-refractivity contribution >= 4 is 8.80 Å². The van der Waals surface area contributed by atoms with Crippen LogP contribution >= 0.6 is 0 Å². The molecule has 0 N–H and O–H groups in total. The van der Waals surface area contributed by atoms with Gasteiger partial charge in [-0.1, -0.05) is 44.8 Å². The van der Waals surface area contributed by atoms with Gasteiger partial charge in [0.1, 0.15) is 0 Å². The molecule has 0 aromatic rings. The van der Waals surface area contributed by atoms with Gasteiger partial charge in [-0.3, -0.25) is 0 Å². The molecule has 0 atom stereocenters. The van der Waals surface area contributed by atoms with E-state index >= 15 is 0 Å². The Morgan fingerprint density at radius 2 is 1.20 bits per heavy atom. The van der Waals surface area contributed by atoms with E-state index in [-0.39, 0.29) is 6.42 Å². The van der Waals surface area contributed by atoms with Crippen LogP contribution in [0, 0.1) is 0 Å². The highest BCUT2D eigenvalue weighted by atomic mass is 28.3. The molecule has 0 aliphatic heterocycles. The van der Waals surface area contributed by atoms with Crippen LogP contribution in [0.15, 0.2) is 0 Å². The largest absolute Gasteiger partial charge is 0.459 e. The standard InChI is InChI=1S/C12H21F7Si/c1-8(2)20(9(3)4)7-5-6-10(13,14)11(15,16)12(17,18)19/h8-9,20H,5-7H2,1-4H3. The number of halogens is 7. The fourth-order valence-corrected chi connectivity index (χ4v) is 5.91. The molecule has 0 aliphatic carbocycles. The third-order valence-corrected chi connectivity index (χ3v) is 8.06. The predicted molar refractivity (Wildman–Crippen MR) is 67.3 cm³/mol. The molecule has 0 aliphatic rings. The average molecular weight is 326 g/mol. The second kappa shape index (κ2) is 6.66. The summed E-state index contributed by atoms with van der Waals surface area (Å²) in [7, 11) is -1.43. The van der Waals surface area contributed by atoms with Crippen molar-refractivity contribution in [3.8, 4) is 0 Å². The molecule has 20 heavy (non-hydrogen) atoms. The minimum Gasteiger partial charge on any atom is -0.200 e. The Morgan fingerprint density at radius 3 is 1.50 bits per heavy atom. The summed E-state index contributed by atoms with van der Waals surface area (Å²) in [5, 5.41) is 0. The van der Waals surface area contributed by atoms with Gasteiger partial charge < -0.3 is 0 Å². The van der Waals surface area contributed by atoms with Gasteiger partial charge in [-0.15, -0.1) is 0 Å². The highest BCUT2D eigenvalue weighted by Gasteiger charge is 2.72. The molecular weight excluding hydrogens is 305 g/mol. The summed E-state index contributed by atoms with van der Waals surface area (Å²) in [6, 6.07) is 0.346. The van der Waals surface area contributed by atoms with E-state index in [9.17, 15) is 30.7 Å². The molecule has 0 aromatic heterocycles. The Balaban J connectivity index is 4.65. The zero-order chi connectivity index (χ0) is 16.4. The normalized spacial score (nSPS) is 14.7. The summed E-state index contributed by atoms with van der Waals surface area (Å²) < 4.78 is 87.4. The van der Waals surface area contributed by atoms with Gasteiger partial charge in [-0.05, 0) is 6.42 Å². The van der Waals surface area contributed by atoms with E-state index in [1.165, 1.54) is 0 Å². The monoisotopic (exact) mass is 326 g/mol. The van der Waals surface area contributed by atoms with E-state index in [2.05, 4.69) is 0 Å². The first-order valence-corrected chi connectivity index (χ1v) is 8.71. The predicted octanol–water partition coefficient (Wildman–Crippen LogP) is 5.65. The van der Waals surface area contributed by atoms with E-state index in [1.54, 1.807) is 0 Å². The molecule has 0 fully saturated rings. The molecule has 122 valence electrons. The van der Waals surface area contributed by atoms with Crippen molar-refractivity contribution in [2.45, 2.75) is 75.7 Å². The van der Waals surface area contributed by atoms with Crippen LogP contribution in [0.4, 0.5) is 30.7 Å². The van der Waals surface area contributed by atoms with Crippen LogP contribution in [0.1, 0.15) is 40.5 Å². The second-order valence-corrected chi connectivity index (χ2v) is 10.4. The molecule has 8 heteroatoms. The molecule has 0 saturated heterocycles. The van der Waals surface area contributed by atoms with Crippen molar-refractivity contribution in [1.82, 2.24) is 0 Å². The van der Waals surface area contributed by atoms with Crippen molar-refractivity contribution in [2.24, 2.45) is 0 Å². The molecule has 0 aromatic carbocycles. The molecule has 0 radical (unpaired) electrons. The lowest BCUT2D eigenvalue weighted by Crippen LogP contribution is -2.51. The zero-order valence-electron chi connectivity index (χ0n) is 12.0. The Kier molecular flexibility index (Phi) is 6.57. The van der Waals surface area contributed by atoms with Gasteiger partial charge in [0.15, 0.2) is 0 Å². The SMILES string of the molecule is CC(C)[SiH](CCCC(F)(F)C(F)(F)C(F)(F)F)C(C)C. The maximum absolute atomic E-state index is 13.1. The average Bonchev–Trinajstić information content (AvgIpc) is 2.21. The van der Waals surface area contributed by atoms with Gasteiger partial charge in [0.05, 0.1) is 0 Å². The number of rotatable bonds is 7. The van der Waals surface area contributed by atoms with Gasteiger partial charge >= 0.3 is 18.0 Å². The van der Waals surface area contributed by atoms with Gasteiger partial charge in [-0.2, -0.15) is 30.7 Å². The van der Waals surface area contributed by atoms with E-state index in [1.807, 2.05) is 27.7 Å². The van der Waals surface area contributed by atoms with Crippen LogP contribution in [-0.4, -0.2) is 26.8 Å². The highest BCUT2D eigenvalue weighted by Crippen LogP contribution is 2.48. The number of hydrogen-bond acceptors (Lipinski definition) is 0. The fourth-order valence-electron chi connectivity index (χ4n) is 2.36. The molecular formula is C12H21F7Si. The van der Waals surface area contributed by atoms with Gasteiger partial charge in [0, 0.05) is 15.2 Å². The molecule has 0 bridgehead atoms. The minimum atomic E-state index is -6.22. The first-order valence-electron chi connectivity index (χ1n) is 6.56. The number of alkyl halides is 7. The van der Waals surface area contributed by atoms with E-state index in [0.717, 1.165) is 0 Å².